The molecule has 0 unspecified atom stereocenters. The molecule has 2 aromatic heterocycles. The molecule has 1 amide bonds. The minimum atomic E-state index is -0.217. The second-order valence-electron chi connectivity index (χ2n) is 7.36. The van der Waals surface area contributed by atoms with Gasteiger partial charge in [0.2, 0.25) is 0 Å². The lowest BCUT2D eigenvalue weighted by Gasteiger charge is -2.39. The first-order valence-electron chi connectivity index (χ1n) is 9.43. The summed E-state index contributed by atoms with van der Waals surface area (Å²) in [6.07, 6.45) is 5.83. The Bertz CT molecular complexity index is 899. The van der Waals surface area contributed by atoms with Crippen LogP contribution in [0.15, 0.2) is 29.3 Å². The molecule has 1 saturated heterocycles. The third-order valence-electron chi connectivity index (χ3n) is 5.32. The Kier molecular flexibility index (Phi) is 4.63. The zero-order chi connectivity index (χ0) is 19.0. The molecule has 0 spiro atoms. The van der Waals surface area contributed by atoms with Crippen molar-refractivity contribution in [2.24, 2.45) is 7.05 Å². The van der Waals surface area contributed by atoms with E-state index in [1.807, 2.05) is 17.9 Å². The molecule has 2 fully saturated rings. The van der Waals surface area contributed by atoms with Gasteiger partial charge in [-0.15, -0.1) is 0 Å². The molecule has 1 aliphatic carbocycles. The van der Waals surface area contributed by atoms with Gasteiger partial charge in [-0.3, -0.25) is 9.59 Å². The number of carbonyl (C=O) groups excluding carboxylic acids is 1. The second-order valence-corrected chi connectivity index (χ2v) is 7.36. The van der Waals surface area contributed by atoms with Crippen molar-refractivity contribution >= 4 is 11.7 Å². The highest BCUT2D eigenvalue weighted by Crippen LogP contribution is 2.35. The summed E-state index contributed by atoms with van der Waals surface area (Å²) in [4.78, 5) is 37.2. The van der Waals surface area contributed by atoms with E-state index in [0.717, 1.165) is 24.4 Å². The van der Waals surface area contributed by atoms with Crippen LogP contribution in [0.25, 0.3) is 0 Å². The first-order valence-corrected chi connectivity index (χ1v) is 9.43. The first kappa shape index (κ1) is 17.6. The van der Waals surface area contributed by atoms with Gasteiger partial charge in [-0.25, -0.2) is 14.6 Å². The largest absolute Gasteiger partial charge is 0.350 e. The molecule has 4 rings (SSSR count). The van der Waals surface area contributed by atoms with Gasteiger partial charge in [-0.1, -0.05) is 0 Å². The molecule has 1 aliphatic heterocycles. The summed E-state index contributed by atoms with van der Waals surface area (Å²) >= 11 is 0. The van der Waals surface area contributed by atoms with E-state index < -0.39 is 0 Å². The Hall–Kier alpha value is -2.77. The summed E-state index contributed by atoms with van der Waals surface area (Å²) in [6.45, 7) is 3.35. The highest BCUT2D eigenvalue weighted by Gasteiger charge is 2.37. The predicted molar refractivity (Wildman–Crippen MR) is 101 cm³/mol. The molecule has 8 nitrogen and oxygen atoms in total. The minimum absolute atomic E-state index is 0.111. The van der Waals surface area contributed by atoms with Crippen molar-refractivity contribution in [3.8, 4) is 0 Å². The maximum atomic E-state index is 12.7. The van der Waals surface area contributed by atoms with E-state index in [-0.39, 0.29) is 11.5 Å². The average molecular weight is 368 g/mol. The normalized spacial score (nSPS) is 17.8. The molecular weight excluding hydrogens is 344 g/mol. The zero-order valence-electron chi connectivity index (χ0n) is 15.7. The third kappa shape index (κ3) is 3.70. The molecule has 1 saturated carbocycles. The fourth-order valence-electron chi connectivity index (χ4n) is 3.73. The van der Waals surface area contributed by atoms with Gasteiger partial charge in [0.1, 0.15) is 17.8 Å². The topological polar surface area (TPSA) is 84.2 Å². The minimum Gasteiger partial charge on any atom is -0.350 e. The smallest absolute Gasteiger partial charge is 0.274 e. The molecule has 0 bridgehead atoms. The summed E-state index contributed by atoms with van der Waals surface area (Å²) in [5.41, 5.74) is 1.07. The lowest BCUT2D eigenvalue weighted by molar-refractivity contribution is 0.0703. The van der Waals surface area contributed by atoms with Crippen LogP contribution in [-0.2, 0) is 7.05 Å². The van der Waals surface area contributed by atoms with Crippen LogP contribution >= 0.6 is 0 Å². The fraction of sp³-hybridized carbons (Fsp3) is 0.526. The maximum Gasteiger partial charge on any atom is 0.274 e. The van der Waals surface area contributed by atoms with Gasteiger partial charge in [0.15, 0.2) is 0 Å². The van der Waals surface area contributed by atoms with Crippen LogP contribution in [0.3, 0.4) is 0 Å². The summed E-state index contributed by atoms with van der Waals surface area (Å²) < 4.78 is 1.20. The van der Waals surface area contributed by atoms with E-state index in [0.29, 0.717) is 30.9 Å². The quantitative estimate of drug-likeness (QED) is 0.805. The second kappa shape index (κ2) is 7.09. The molecule has 8 heteroatoms. The summed E-state index contributed by atoms with van der Waals surface area (Å²) in [7, 11) is 1.56. The molecule has 2 aromatic rings. The number of aromatic nitrogens is 4. The summed E-state index contributed by atoms with van der Waals surface area (Å²) in [5.74, 6) is 0.884. The number of likely N-dealkylation sites (tertiary alicyclic amines) is 1. The molecule has 2 aliphatic rings. The maximum absolute atomic E-state index is 12.7. The zero-order valence-corrected chi connectivity index (χ0v) is 15.7. The number of aryl methyl sites for hydroxylation is 2. The van der Waals surface area contributed by atoms with E-state index in [4.69, 9.17) is 0 Å². The molecular formula is C19H24N6O2. The Labute approximate surface area is 157 Å². The van der Waals surface area contributed by atoms with Crippen LogP contribution in [0.2, 0.25) is 0 Å². The number of hydrogen-bond donors (Lipinski definition) is 0. The number of piperidine rings is 1. The highest BCUT2D eigenvalue weighted by atomic mass is 16.2. The van der Waals surface area contributed by atoms with E-state index in [1.165, 1.54) is 29.7 Å². The van der Waals surface area contributed by atoms with Gasteiger partial charge in [0.25, 0.3) is 11.5 Å². The van der Waals surface area contributed by atoms with Crippen LogP contribution in [0.4, 0.5) is 5.82 Å². The van der Waals surface area contributed by atoms with Gasteiger partial charge in [0.05, 0.1) is 0 Å². The Morgan fingerprint density at radius 2 is 1.81 bits per heavy atom. The molecule has 27 heavy (non-hydrogen) atoms. The van der Waals surface area contributed by atoms with Crippen LogP contribution in [0.1, 0.15) is 41.9 Å². The predicted octanol–water partition coefficient (Wildman–Crippen LogP) is 1.15. The van der Waals surface area contributed by atoms with Crippen molar-refractivity contribution in [2.75, 3.05) is 18.0 Å². The van der Waals surface area contributed by atoms with Crippen LogP contribution in [-0.4, -0.2) is 55.7 Å². The highest BCUT2D eigenvalue weighted by molar-refractivity contribution is 5.92. The van der Waals surface area contributed by atoms with Crippen LogP contribution in [0.5, 0.6) is 0 Å². The number of nitrogens with zero attached hydrogens (tertiary/aromatic N) is 6. The number of anilines is 1. The van der Waals surface area contributed by atoms with Crippen molar-refractivity contribution in [1.82, 2.24) is 24.6 Å². The van der Waals surface area contributed by atoms with Crippen LogP contribution in [0, 0.1) is 6.92 Å². The first-order chi connectivity index (χ1) is 13.0. The standard InChI is InChI=1S/C19H24N6O2/c1-13-11-17(21-12-20-13)25(14-3-4-14)15-7-9-24(10-8-15)19(27)16-5-6-18(26)23(2)22-16/h5-6,11-12,14-15H,3-4,7-10H2,1-2H3. The van der Waals surface area contributed by atoms with Crippen LogP contribution < -0.4 is 10.5 Å². The van der Waals surface area contributed by atoms with E-state index in [9.17, 15) is 9.59 Å². The number of hydrogen-bond acceptors (Lipinski definition) is 6. The van der Waals surface area contributed by atoms with Gasteiger partial charge in [-0.05, 0) is 38.7 Å². The Morgan fingerprint density at radius 1 is 1.11 bits per heavy atom. The average Bonchev–Trinajstić information content (AvgIpc) is 3.49. The van der Waals surface area contributed by atoms with Gasteiger partial charge >= 0.3 is 0 Å². The number of rotatable bonds is 4. The monoisotopic (exact) mass is 368 g/mol. The molecule has 0 radical (unpaired) electrons. The molecule has 0 N–H and O–H groups in total. The third-order valence-corrected chi connectivity index (χ3v) is 5.32. The Balaban J connectivity index is 1.45. The SMILES string of the molecule is Cc1cc(N(C2CC2)C2CCN(C(=O)c3ccc(=O)n(C)n3)CC2)ncn1. The van der Waals surface area contributed by atoms with Gasteiger partial charge in [-0.2, -0.15) is 5.10 Å². The van der Waals surface area contributed by atoms with Crippen molar-refractivity contribution < 1.29 is 4.79 Å². The van der Waals surface area contributed by atoms with Crippen molar-refractivity contribution in [1.29, 1.82) is 0 Å². The van der Waals surface area contributed by atoms with E-state index in [2.05, 4.69) is 20.0 Å². The summed E-state index contributed by atoms with van der Waals surface area (Å²) in [5, 5.41) is 4.08. The van der Waals surface area contributed by atoms with Crippen molar-refractivity contribution in [3.05, 3.63) is 46.3 Å². The lowest BCUT2D eigenvalue weighted by Crippen LogP contribution is -2.48. The van der Waals surface area contributed by atoms with Crippen molar-refractivity contribution in [2.45, 2.75) is 44.7 Å². The van der Waals surface area contributed by atoms with E-state index in [1.54, 1.807) is 13.4 Å². The Morgan fingerprint density at radius 3 is 2.44 bits per heavy atom. The molecule has 0 atom stereocenters. The van der Waals surface area contributed by atoms with Gasteiger partial charge < -0.3 is 9.80 Å². The van der Waals surface area contributed by atoms with E-state index >= 15 is 0 Å². The molecule has 142 valence electrons. The van der Waals surface area contributed by atoms with Gasteiger partial charge in [0, 0.05) is 50.0 Å². The molecule has 3 heterocycles. The lowest BCUT2D eigenvalue weighted by atomic mass is 10.0. The fourth-order valence-corrected chi connectivity index (χ4v) is 3.73. The summed E-state index contributed by atoms with van der Waals surface area (Å²) in [6, 6.07) is 5.88. The molecule has 0 aromatic carbocycles. The van der Waals surface area contributed by atoms with Crippen molar-refractivity contribution in [3.63, 3.8) is 0 Å². The number of carbonyl (C=O) groups is 1. The number of amides is 1.